The Morgan fingerprint density at radius 3 is 2.75 bits per heavy atom. The average molecular weight is 328 g/mol. The summed E-state index contributed by atoms with van der Waals surface area (Å²) >= 11 is 0. The van der Waals surface area contributed by atoms with E-state index in [2.05, 4.69) is 16.6 Å². The van der Waals surface area contributed by atoms with Crippen molar-refractivity contribution in [3.05, 3.63) is 59.9 Å². The second kappa shape index (κ2) is 8.56. The third-order valence-electron chi connectivity index (χ3n) is 3.12. The van der Waals surface area contributed by atoms with E-state index in [-0.39, 0.29) is 19.0 Å². The van der Waals surface area contributed by atoms with Gasteiger partial charge in [-0.1, -0.05) is 24.1 Å². The Bertz CT molecular complexity index is 726. The SMILES string of the molecule is C#CCOc1cccc(NC(=O)NCC(O)c2ccc(F)cc2)c1. The summed E-state index contributed by atoms with van der Waals surface area (Å²) in [4.78, 5) is 11.9. The Balaban J connectivity index is 1.84. The van der Waals surface area contributed by atoms with Crippen LogP contribution in [0.2, 0.25) is 0 Å². The van der Waals surface area contributed by atoms with Gasteiger partial charge < -0.3 is 20.5 Å². The van der Waals surface area contributed by atoms with Crippen LogP contribution in [0, 0.1) is 18.2 Å². The van der Waals surface area contributed by atoms with Gasteiger partial charge in [0.15, 0.2) is 0 Å². The summed E-state index contributed by atoms with van der Waals surface area (Å²) in [5, 5.41) is 15.1. The summed E-state index contributed by atoms with van der Waals surface area (Å²) < 4.78 is 18.1. The fourth-order valence-corrected chi connectivity index (χ4v) is 1.96. The van der Waals surface area contributed by atoms with E-state index >= 15 is 0 Å². The number of rotatable bonds is 6. The number of nitrogens with one attached hydrogen (secondary N) is 2. The number of benzene rings is 2. The minimum atomic E-state index is -0.929. The van der Waals surface area contributed by atoms with Crippen LogP contribution >= 0.6 is 0 Å². The summed E-state index contributed by atoms with van der Waals surface area (Å²) in [7, 11) is 0. The molecule has 124 valence electrons. The van der Waals surface area contributed by atoms with Gasteiger partial charge in [0.2, 0.25) is 0 Å². The number of hydrogen-bond acceptors (Lipinski definition) is 3. The smallest absolute Gasteiger partial charge is 0.319 e. The fourth-order valence-electron chi connectivity index (χ4n) is 1.96. The highest BCUT2D eigenvalue weighted by Crippen LogP contribution is 2.17. The van der Waals surface area contributed by atoms with Gasteiger partial charge in [-0.15, -0.1) is 6.42 Å². The summed E-state index contributed by atoms with van der Waals surface area (Å²) in [6, 6.07) is 11.7. The normalized spacial score (nSPS) is 11.2. The molecule has 3 N–H and O–H groups in total. The topological polar surface area (TPSA) is 70.6 Å². The number of amides is 2. The molecule has 2 rings (SSSR count). The lowest BCUT2D eigenvalue weighted by atomic mass is 10.1. The molecule has 0 saturated carbocycles. The molecular formula is C18H17FN2O3. The van der Waals surface area contributed by atoms with Gasteiger partial charge in [-0.3, -0.25) is 0 Å². The number of ether oxygens (including phenoxy) is 1. The van der Waals surface area contributed by atoms with Crippen LogP contribution in [-0.2, 0) is 0 Å². The first-order valence-corrected chi connectivity index (χ1v) is 7.23. The van der Waals surface area contributed by atoms with E-state index in [9.17, 15) is 14.3 Å². The Hall–Kier alpha value is -3.04. The van der Waals surface area contributed by atoms with Crippen LogP contribution in [0.4, 0.5) is 14.9 Å². The second-order valence-electron chi connectivity index (χ2n) is 4.92. The molecule has 2 aromatic carbocycles. The van der Waals surface area contributed by atoms with Crippen molar-refractivity contribution in [3.8, 4) is 18.1 Å². The van der Waals surface area contributed by atoms with Crippen molar-refractivity contribution < 1.29 is 19.0 Å². The van der Waals surface area contributed by atoms with E-state index in [1.54, 1.807) is 24.3 Å². The molecule has 1 unspecified atom stereocenters. The van der Waals surface area contributed by atoms with Crippen molar-refractivity contribution in [1.82, 2.24) is 5.32 Å². The number of terminal acetylenes is 1. The Morgan fingerprint density at radius 1 is 1.29 bits per heavy atom. The van der Waals surface area contributed by atoms with Crippen molar-refractivity contribution in [2.24, 2.45) is 0 Å². The zero-order valence-electron chi connectivity index (χ0n) is 12.8. The zero-order valence-corrected chi connectivity index (χ0v) is 12.8. The van der Waals surface area contributed by atoms with Gasteiger partial charge in [-0.05, 0) is 29.8 Å². The van der Waals surface area contributed by atoms with Gasteiger partial charge in [-0.25, -0.2) is 9.18 Å². The number of carbonyl (C=O) groups excluding carboxylic acids is 1. The first kappa shape index (κ1) is 17.3. The van der Waals surface area contributed by atoms with Crippen LogP contribution in [0.3, 0.4) is 0 Å². The van der Waals surface area contributed by atoms with E-state index in [1.807, 2.05) is 0 Å². The molecule has 1 atom stereocenters. The molecule has 0 saturated heterocycles. The number of halogens is 1. The van der Waals surface area contributed by atoms with Crippen molar-refractivity contribution in [3.63, 3.8) is 0 Å². The Morgan fingerprint density at radius 2 is 2.04 bits per heavy atom. The van der Waals surface area contributed by atoms with Gasteiger partial charge >= 0.3 is 6.03 Å². The van der Waals surface area contributed by atoms with Crippen molar-refractivity contribution in [1.29, 1.82) is 0 Å². The molecule has 5 nitrogen and oxygen atoms in total. The molecule has 0 aliphatic carbocycles. The molecule has 0 fully saturated rings. The quantitative estimate of drug-likeness (QED) is 0.714. The Kier molecular flexibility index (Phi) is 6.17. The van der Waals surface area contributed by atoms with Crippen LogP contribution in [0.25, 0.3) is 0 Å². The number of hydrogen-bond donors (Lipinski definition) is 3. The largest absolute Gasteiger partial charge is 0.481 e. The predicted octanol–water partition coefficient (Wildman–Crippen LogP) is 2.69. The van der Waals surface area contributed by atoms with Crippen molar-refractivity contribution >= 4 is 11.7 Å². The number of aliphatic hydroxyl groups is 1. The summed E-state index contributed by atoms with van der Waals surface area (Å²) in [6.07, 6.45) is 4.19. The van der Waals surface area contributed by atoms with Crippen LogP contribution in [-0.4, -0.2) is 24.3 Å². The molecular weight excluding hydrogens is 311 g/mol. The van der Waals surface area contributed by atoms with Crippen LogP contribution in [0.15, 0.2) is 48.5 Å². The van der Waals surface area contributed by atoms with Gasteiger partial charge in [0.1, 0.15) is 18.2 Å². The molecule has 0 heterocycles. The highest BCUT2D eigenvalue weighted by molar-refractivity contribution is 5.89. The van der Waals surface area contributed by atoms with Crippen molar-refractivity contribution in [2.45, 2.75) is 6.10 Å². The van der Waals surface area contributed by atoms with E-state index in [0.717, 1.165) is 0 Å². The van der Waals surface area contributed by atoms with Gasteiger partial charge in [0.25, 0.3) is 0 Å². The maximum atomic E-state index is 12.8. The molecule has 24 heavy (non-hydrogen) atoms. The van der Waals surface area contributed by atoms with E-state index in [4.69, 9.17) is 11.2 Å². The molecule has 0 radical (unpaired) electrons. The first-order valence-electron chi connectivity index (χ1n) is 7.23. The Labute approximate surface area is 139 Å². The highest BCUT2D eigenvalue weighted by Gasteiger charge is 2.10. The number of carbonyl (C=O) groups is 1. The minimum absolute atomic E-state index is 0.00918. The zero-order chi connectivity index (χ0) is 17.4. The first-order chi connectivity index (χ1) is 11.6. The fraction of sp³-hybridized carbons (Fsp3) is 0.167. The van der Waals surface area contributed by atoms with E-state index < -0.39 is 12.1 Å². The average Bonchev–Trinajstić information content (AvgIpc) is 2.59. The monoisotopic (exact) mass is 328 g/mol. The molecule has 0 aliphatic heterocycles. The third-order valence-corrected chi connectivity index (χ3v) is 3.12. The van der Waals surface area contributed by atoms with Gasteiger partial charge in [0, 0.05) is 18.3 Å². The minimum Gasteiger partial charge on any atom is -0.481 e. The molecule has 0 spiro atoms. The van der Waals surface area contributed by atoms with Gasteiger partial charge in [0.05, 0.1) is 6.10 Å². The van der Waals surface area contributed by atoms with Crippen molar-refractivity contribution in [2.75, 3.05) is 18.5 Å². The lowest BCUT2D eigenvalue weighted by molar-refractivity contribution is 0.175. The van der Waals surface area contributed by atoms with Crippen LogP contribution < -0.4 is 15.4 Å². The standard InChI is InChI=1S/C18H17FN2O3/c1-2-10-24-16-5-3-4-15(11-16)21-18(23)20-12-17(22)13-6-8-14(19)9-7-13/h1,3-9,11,17,22H,10,12H2,(H2,20,21,23). The summed E-state index contributed by atoms with van der Waals surface area (Å²) in [6.45, 7) is 0.129. The number of urea groups is 1. The lowest BCUT2D eigenvalue weighted by Crippen LogP contribution is -2.32. The number of anilines is 1. The van der Waals surface area contributed by atoms with E-state index in [0.29, 0.717) is 17.0 Å². The second-order valence-corrected chi connectivity index (χ2v) is 4.92. The van der Waals surface area contributed by atoms with Gasteiger partial charge in [-0.2, -0.15) is 0 Å². The predicted molar refractivity (Wildman–Crippen MR) is 89.2 cm³/mol. The van der Waals surface area contributed by atoms with E-state index in [1.165, 1.54) is 24.3 Å². The highest BCUT2D eigenvalue weighted by atomic mass is 19.1. The number of aliphatic hydroxyl groups excluding tert-OH is 1. The maximum Gasteiger partial charge on any atom is 0.319 e. The molecule has 0 bridgehead atoms. The van der Waals surface area contributed by atoms with Crippen LogP contribution in [0.5, 0.6) is 5.75 Å². The van der Waals surface area contributed by atoms with Crippen LogP contribution in [0.1, 0.15) is 11.7 Å². The molecule has 0 aliphatic rings. The summed E-state index contributed by atoms with van der Waals surface area (Å²) in [5.41, 5.74) is 1.04. The summed E-state index contributed by atoms with van der Waals surface area (Å²) in [5.74, 6) is 2.51. The molecule has 6 heteroatoms. The maximum absolute atomic E-state index is 12.8. The third kappa shape index (κ3) is 5.30. The lowest BCUT2D eigenvalue weighted by Gasteiger charge is -2.13. The molecule has 2 aromatic rings. The molecule has 0 aromatic heterocycles. The molecule has 2 amide bonds.